The van der Waals surface area contributed by atoms with Crippen LogP contribution in [0.2, 0.25) is 0 Å². The van der Waals surface area contributed by atoms with Gasteiger partial charge in [-0.05, 0) is 25.4 Å². The second kappa shape index (κ2) is 6.00. The van der Waals surface area contributed by atoms with Gasteiger partial charge < -0.3 is 0 Å². The Morgan fingerprint density at radius 3 is 2.92 bits per heavy atom. The molecule has 0 aromatic carbocycles. The highest BCUT2D eigenvalue weighted by atomic mass is 32.2. The van der Waals surface area contributed by atoms with Crippen LogP contribution in [-0.2, 0) is 6.54 Å². The normalized spacial score (nSPS) is 10.7. The number of aromatic nitrogens is 1. The van der Waals surface area contributed by atoms with Crippen LogP contribution in [0.25, 0.3) is 0 Å². The summed E-state index contributed by atoms with van der Waals surface area (Å²) in [5.41, 5.74) is 1.14. The highest BCUT2D eigenvalue weighted by Crippen LogP contribution is 2.00. The summed E-state index contributed by atoms with van der Waals surface area (Å²) >= 11 is 1.88. The van der Waals surface area contributed by atoms with E-state index in [2.05, 4.69) is 29.3 Å². The molecule has 13 heavy (non-hydrogen) atoms. The van der Waals surface area contributed by atoms with E-state index in [9.17, 15) is 0 Å². The molecule has 0 spiro atoms. The highest BCUT2D eigenvalue weighted by molar-refractivity contribution is 7.98. The van der Waals surface area contributed by atoms with Crippen LogP contribution in [0.5, 0.6) is 0 Å². The minimum atomic E-state index is 0.946. The lowest BCUT2D eigenvalue weighted by Gasteiger charge is -2.14. The molecule has 0 aliphatic carbocycles. The van der Waals surface area contributed by atoms with E-state index in [1.54, 1.807) is 0 Å². The van der Waals surface area contributed by atoms with Crippen LogP contribution in [0.1, 0.15) is 5.69 Å². The topological polar surface area (TPSA) is 16.1 Å². The van der Waals surface area contributed by atoms with Gasteiger partial charge in [0, 0.05) is 25.0 Å². The van der Waals surface area contributed by atoms with Crippen molar-refractivity contribution < 1.29 is 0 Å². The third-order valence-corrected chi connectivity index (χ3v) is 2.43. The molecule has 0 N–H and O–H groups in total. The van der Waals surface area contributed by atoms with Gasteiger partial charge in [-0.1, -0.05) is 6.07 Å². The lowest BCUT2D eigenvalue weighted by atomic mass is 10.3. The smallest absolute Gasteiger partial charge is 0.0543 e. The number of hydrogen-bond acceptors (Lipinski definition) is 3. The molecule has 3 heteroatoms. The summed E-state index contributed by atoms with van der Waals surface area (Å²) in [6.07, 6.45) is 3.98. The van der Waals surface area contributed by atoms with Gasteiger partial charge in [0.1, 0.15) is 0 Å². The molecule has 0 aliphatic heterocycles. The van der Waals surface area contributed by atoms with Gasteiger partial charge in [-0.15, -0.1) is 0 Å². The molecule has 1 aromatic heterocycles. The molecule has 1 rings (SSSR count). The van der Waals surface area contributed by atoms with Gasteiger partial charge in [0.2, 0.25) is 0 Å². The van der Waals surface area contributed by atoms with Crippen molar-refractivity contribution in [2.24, 2.45) is 0 Å². The van der Waals surface area contributed by atoms with Crippen LogP contribution in [0.3, 0.4) is 0 Å². The first-order chi connectivity index (χ1) is 6.33. The number of hydrogen-bond donors (Lipinski definition) is 0. The Balaban J connectivity index is 2.32. The zero-order chi connectivity index (χ0) is 9.52. The van der Waals surface area contributed by atoms with Crippen molar-refractivity contribution in [3.05, 3.63) is 30.1 Å². The van der Waals surface area contributed by atoms with Gasteiger partial charge in [-0.3, -0.25) is 9.88 Å². The van der Waals surface area contributed by atoms with E-state index in [4.69, 9.17) is 0 Å². The first kappa shape index (κ1) is 10.5. The fourth-order valence-electron chi connectivity index (χ4n) is 1.09. The van der Waals surface area contributed by atoms with Crippen LogP contribution >= 0.6 is 11.8 Å². The molecule has 0 unspecified atom stereocenters. The Bertz CT molecular complexity index is 226. The Morgan fingerprint density at radius 1 is 1.46 bits per heavy atom. The standard InChI is InChI=1S/C10H16N2S/c1-12(7-8-13-2)9-10-5-3-4-6-11-10/h3-6H,7-9H2,1-2H3. The average molecular weight is 196 g/mol. The molecule has 0 atom stereocenters. The second-order valence-corrected chi connectivity index (χ2v) is 4.04. The van der Waals surface area contributed by atoms with E-state index in [0.29, 0.717) is 0 Å². The van der Waals surface area contributed by atoms with Crippen LogP contribution in [0.4, 0.5) is 0 Å². The first-order valence-corrected chi connectivity index (χ1v) is 5.79. The lowest BCUT2D eigenvalue weighted by molar-refractivity contribution is 0.344. The minimum Gasteiger partial charge on any atom is -0.300 e. The predicted octanol–water partition coefficient (Wildman–Crippen LogP) is 1.88. The maximum absolute atomic E-state index is 4.28. The van der Waals surface area contributed by atoms with Crippen molar-refractivity contribution in [1.29, 1.82) is 0 Å². The number of thioether (sulfide) groups is 1. The monoisotopic (exact) mass is 196 g/mol. The minimum absolute atomic E-state index is 0.946. The van der Waals surface area contributed by atoms with Crippen molar-refractivity contribution in [3.8, 4) is 0 Å². The van der Waals surface area contributed by atoms with E-state index in [0.717, 1.165) is 18.8 Å². The number of nitrogens with zero attached hydrogens (tertiary/aromatic N) is 2. The number of pyridine rings is 1. The Morgan fingerprint density at radius 2 is 2.31 bits per heavy atom. The molecule has 72 valence electrons. The molecule has 2 nitrogen and oxygen atoms in total. The van der Waals surface area contributed by atoms with Crippen molar-refractivity contribution in [1.82, 2.24) is 9.88 Å². The van der Waals surface area contributed by atoms with Gasteiger partial charge in [0.15, 0.2) is 0 Å². The molecule has 0 fully saturated rings. The molecule has 0 amide bonds. The first-order valence-electron chi connectivity index (χ1n) is 4.40. The molecule has 0 radical (unpaired) electrons. The third-order valence-electron chi connectivity index (χ3n) is 1.84. The zero-order valence-electron chi connectivity index (χ0n) is 8.23. The van der Waals surface area contributed by atoms with Crippen molar-refractivity contribution in [2.45, 2.75) is 6.54 Å². The molecule has 0 saturated heterocycles. The average Bonchev–Trinajstić information content (AvgIpc) is 2.16. The summed E-state index contributed by atoms with van der Waals surface area (Å²) in [5, 5.41) is 0. The van der Waals surface area contributed by atoms with E-state index in [1.807, 2.05) is 30.1 Å². The van der Waals surface area contributed by atoms with E-state index in [-0.39, 0.29) is 0 Å². The predicted molar refractivity (Wildman–Crippen MR) is 59.0 cm³/mol. The van der Waals surface area contributed by atoms with Gasteiger partial charge >= 0.3 is 0 Å². The molecule has 0 aliphatic rings. The maximum Gasteiger partial charge on any atom is 0.0543 e. The summed E-state index contributed by atoms with van der Waals surface area (Å²) < 4.78 is 0. The summed E-state index contributed by atoms with van der Waals surface area (Å²) in [7, 11) is 2.13. The van der Waals surface area contributed by atoms with Gasteiger partial charge in [-0.25, -0.2) is 0 Å². The van der Waals surface area contributed by atoms with Crippen LogP contribution in [0.15, 0.2) is 24.4 Å². The zero-order valence-corrected chi connectivity index (χ0v) is 9.05. The van der Waals surface area contributed by atoms with Crippen molar-refractivity contribution in [3.63, 3.8) is 0 Å². The molecular weight excluding hydrogens is 180 g/mol. The van der Waals surface area contributed by atoms with Gasteiger partial charge in [0.25, 0.3) is 0 Å². The van der Waals surface area contributed by atoms with E-state index >= 15 is 0 Å². The lowest BCUT2D eigenvalue weighted by Crippen LogP contribution is -2.21. The molecule has 1 aromatic rings. The van der Waals surface area contributed by atoms with Crippen molar-refractivity contribution in [2.75, 3.05) is 25.6 Å². The third kappa shape index (κ3) is 4.29. The summed E-state index contributed by atoms with van der Waals surface area (Å²) in [5.74, 6) is 1.18. The van der Waals surface area contributed by atoms with Crippen molar-refractivity contribution >= 4 is 11.8 Å². The highest BCUT2D eigenvalue weighted by Gasteiger charge is 1.99. The SMILES string of the molecule is CSCCN(C)Cc1ccccn1. The second-order valence-electron chi connectivity index (χ2n) is 3.05. The fraction of sp³-hybridized carbons (Fsp3) is 0.500. The number of rotatable bonds is 5. The summed E-state index contributed by atoms with van der Waals surface area (Å²) in [4.78, 5) is 6.57. The van der Waals surface area contributed by atoms with Crippen LogP contribution < -0.4 is 0 Å². The Kier molecular flexibility index (Phi) is 4.86. The molecule has 0 saturated carbocycles. The van der Waals surface area contributed by atoms with Gasteiger partial charge in [-0.2, -0.15) is 11.8 Å². The Labute approximate surface area is 84.4 Å². The maximum atomic E-state index is 4.28. The largest absolute Gasteiger partial charge is 0.300 e. The van der Waals surface area contributed by atoms with E-state index in [1.165, 1.54) is 5.75 Å². The van der Waals surface area contributed by atoms with E-state index < -0.39 is 0 Å². The fourth-order valence-corrected chi connectivity index (χ4v) is 1.59. The molecular formula is C10H16N2S. The van der Waals surface area contributed by atoms with Crippen LogP contribution in [0, 0.1) is 0 Å². The molecule has 1 heterocycles. The van der Waals surface area contributed by atoms with Crippen LogP contribution in [-0.4, -0.2) is 35.5 Å². The Hall–Kier alpha value is -0.540. The summed E-state index contributed by atoms with van der Waals surface area (Å²) in [6, 6.07) is 6.05. The van der Waals surface area contributed by atoms with Gasteiger partial charge in [0.05, 0.1) is 5.69 Å². The molecule has 0 bridgehead atoms. The quantitative estimate of drug-likeness (QED) is 0.715. The summed E-state index contributed by atoms with van der Waals surface area (Å²) in [6.45, 7) is 2.07.